The minimum absolute atomic E-state index is 0.149. The monoisotopic (exact) mass is 282 g/mol. The third kappa shape index (κ3) is 4.44. The highest BCUT2D eigenvalue weighted by molar-refractivity contribution is 7.13. The maximum absolute atomic E-state index is 4.75. The van der Waals surface area contributed by atoms with Crippen LogP contribution in [-0.2, 0) is 6.54 Å². The minimum Gasteiger partial charge on any atom is -0.346 e. The van der Waals surface area contributed by atoms with Crippen LogP contribution in [0.4, 0.5) is 5.13 Å². The second-order valence-corrected chi connectivity index (χ2v) is 6.98. The van der Waals surface area contributed by atoms with Crippen LogP contribution in [0.5, 0.6) is 0 Å². The van der Waals surface area contributed by atoms with E-state index in [1.807, 2.05) is 0 Å². The average Bonchev–Trinajstić information content (AvgIpc) is 2.84. The molecule has 108 valence electrons. The lowest BCUT2D eigenvalue weighted by Gasteiger charge is -2.33. The number of anilines is 1. The molecule has 1 aliphatic rings. The Kier molecular flexibility index (Phi) is 4.81. The quantitative estimate of drug-likeness (QED) is 0.917. The molecule has 1 fully saturated rings. The summed E-state index contributed by atoms with van der Waals surface area (Å²) in [6.07, 6.45) is 0. The molecule has 0 amide bonds. The van der Waals surface area contributed by atoms with Gasteiger partial charge in [0.05, 0.1) is 5.69 Å². The molecular weight excluding hydrogens is 256 g/mol. The molecule has 0 atom stereocenters. The van der Waals surface area contributed by atoms with Crippen LogP contribution in [0.2, 0.25) is 0 Å². The fourth-order valence-electron chi connectivity index (χ4n) is 2.13. The Morgan fingerprint density at radius 3 is 2.53 bits per heavy atom. The van der Waals surface area contributed by atoms with Crippen molar-refractivity contribution in [3.05, 3.63) is 11.1 Å². The third-order valence-corrected chi connectivity index (χ3v) is 4.38. The zero-order chi connectivity index (χ0) is 13.9. The molecule has 0 unspecified atom stereocenters. The van der Waals surface area contributed by atoms with Crippen molar-refractivity contribution in [1.82, 2.24) is 15.2 Å². The van der Waals surface area contributed by atoms with Crippen LogP contribution in [0.25, 0.3) is 0 Å². The van der Waals surface area contributed by atoms with Gasteiger partial charge >= 0.3 is 0 Å². The van der Waals surface area contributed by atoms with Crippen LogP contribution in [0.15, 0.2) is 5.38 Å². The van der Waals surface area contributed by atoms with Gasteiger partial charge in [-0.3, -0.25) is 0 Å². The first kappa shape index (κ1) is 14.8. The van der Waals surface area contributed by atoms with Crippen molar-refractivity contribution in [3.63, 3.8) is 0 Å². The summed E-state index contributed by atoms with van der Waals surface area (Å²) >= 11 is 1.77. The second kappa shape index (κ2) is 6.20. The number of nitrogens with one attached hydrogen (secondary N) is 1. The number of thiazole rings is 1. The molecule has 5 heteroatoms. The smallest absolute Gasteiger partial charge is 0.185 e. The Morgan fingerprint density at radius 1 is 1.26 bits per heavy atom. The molecule has 0 radical (unpaired) electrons. The van der Waals surface area contributed by atoms with Gasteiger partial charge in [0.2, 0.25) is 0 Å². The molecule has 19 heavy (non-hydrogen) atoms. The summed E-state index contributed by atoms with van der Waals surface area (Å²) in [6.45, 7) is 15.3. The highest BCUT2D eigenvalue weighted by atomic mass is 32.1. The molecule has 1 aliphatic heterocycles. The number of aromatic nitrogens is 1. The Morgan fingerprint density at radius 2 is 1.95 bits per heavy atom. The summed E-state index contributed by atoms with van der Waals surface area (Å²) in [4.78, 5) is 9.66. The first-order chi connectivity index (χ1) is 8.98. The average molecular weight is 282 g/mol. The van der Waals surface area contributed by atoms with E-state index in [1.165, 1.54) is 5.13 Å². The van der Waals surface area contributed by atoms with Crippen molar-refractivity contribution in [2.45, 2.75) is 39.8 Å². The summed E-state index contributed by atoms with van der Waals surface area (Å²) in [5.41, 5.74) is 1.31. The van der Waals surface area contributed by atoms with Gasteiger partial charge in [-0.2, -0.15) is 0 Å². The highest BCUT2D eigenvalue weighted by Crippen LogP contribution is 2.22. The van der Waals surface area contributed by atoms with Gasteiger partial charge in [-0.05, 0) is 27.3 Å². The Hall–Kier alpha value is -0.650. The van der Waals surface area contributed by atoms with E-state index in [0.29, 0.717) is 0 Å². The van der Waals surface area contributed by atoms with E-state index in [2.05, 4.69) is 48.2 Å². The summed E-state index contributed by atoms with van der Waals surface area (Å²) in [5.74, 6) is 0. The van der Waals surface area contributed by atoms with E-state index >= 15 is 0 Å². The van der Waals surface area contributed by atoms with E-state index in [1.54, 1.807) is 11.3 Å². The van der Waals surface area contributed by atoms with Crippen molar-refractivity contribution in [3.8, 4) is 0 Å². The maximum atomic E-state index is 4.75. The standard InChI is InChI=1S/C14H26N4S/c1-5-17-6-8-18(9-7-17)13-16-12(11-19-13)10-15-14(2,3)4/h11,15H,5-10H2,1-4H3. The van der Waals surface area contributed by atoms with E-state index in [4.69, 9.17) is 4.98 Å². The number of likely N-dealkylation sites (N-methyl/N-ethyl adjacent to an activating group) is 1. The van der Waals surface area contributed by atoms with E-state index < -0.39 is 0 Å². The van der Waals surface area contributed by atoms with E-state index in [9.17, 15) is 0 Å². The van der Waals surface area contributed by atoms with Crippen LogP contribution >= 0.6 is 11.3 Å². The highest BCUT2D eigenvalue weighted by Gasteiger charge is 2.18. The van der Waals surface area contributed by atoms with Gasteiger partial charge in [0.25, 0.3) is 0 Å². The minimum atomic E-state index is 0.149. The van der Waals surface area contributed by atoms with Crippen molar-refractivity contribution >= 4 is 16.5 Å². The van der Waals surface area contributed by atoms with Crippen molar-refractivity contribution in [1.29, 1.82) is 0 Å². The molecule has 0 bridgehead atoms. The lowest BCUT2D eigenvalue weighted by atomic mass is 10.1. The van der Waals surface area contributed by atoms with Crippen molar-refractivity contribution < 1.29 is 0 Å². The predicted molar refractivity (Wildman–Crippen MR) is 83.0 cm³/mol. The molecule has 1 N–H and O–H groups in total. The molecule has 2 heterocycles. The molecule has 1 saturated heterocycles. The molecular formula is C14H26N4S. The molecule has 0 aromatic carbocycles. The van der Waals surface area contributed by atoms with E-state index in [-0.39, 0.29) is 5.54 Å². The summed E-state index contributed by atoms with van der Waals surface area (Å²) in [5, 5.41) is 6.85. The van der Waals surface area contributed by atoms with Gasteiger partial charge < -0.3 is 15.1 Å². The first-order valence-corrected chi connectivity index (χ1v) is 8.02. The summed E-state index contributed by atoms with van der Waals surface area (Å²) < 4.78 is 0. The third-order valence-electron chi connectivity index (χ3n) is 3.43. The van der Waals surface area contributed by atoms with Crippen LogP contribution in [0.3, 0.4) is 0 Å². The largest absolute Gasteiger partial charge is 0.346 e. The van der Waals surface area contributed by atoms with Crippen LogP contribution in [0, 0.1) is 0 Å². The zero-order valence-electron chi connectivity index (χ0n) is 12.6. The van der Waals surface area contributed by atoms with Gasteiger partial charge in [-0.25, -0.2) is 4.98 Å². The van der Waals surface area contributed by atoms with Crippen LogP contribution in [-0.4, -0.2) is 48.1 Å². The lowest BCUT2D eigenvalue weighted by molar-refractivity contribution is 0.271. The fourth-order valence-corrected chi connectivity index (χ4v) is 3.01. The van der Waals surface area contributed by atoms with Crippen molar-refractivity contribution in [2.24, 2.45) is 0 Å². The number of hydrogen-bond acceptors (Lipinski definition) is 5. The summed E-state index contributed by atoms with van der Waals surface area (Å²) in [7, 11) is 0. The molecule has 4 nitrogen and oxygen atoms in total. The predicted octanol–water partition coefficient (Wildman–Crippen LogP) is 2.17. The molecule has 1 aromatic heterocycles. The lowest BCUT2D eigenvalue weighted by Crippen LogP contribution is -2.46. The number of hydrogen-bond donors (Lipinski definition) is 1. The Bertz CT molecular complexity index is 388. The molecule has 0 aliphatic carbocycles. The normalized spacial score (nSPS) is 18.0. The van der Waals surface area contributed by atoms with Gasteiger partial charge in [-0.1, -0.05) is 6.92 Å². The molecule has 2 rings (SSSR count). The first-order valence-electron chi connectivity index (χ1n) is 7.14. The maximum Gasteiger partial charge on any atom is 0.185 e. The molecule has 1 aromatic rings. The Labute approximate surface area is 120 Å². The van der Waals surface area contributed by atoms with Gasteiger partial charge in [0.1, 0.15) is 0 Å². The van der Waals surface area contributed by atoms with E-state index in [0.717, 1.165) is 45.0 Å². The van der Waals surface area contributed by atoms with Gasteiger partial charge in [-0.15, -0.1) is 11.3 Å². The summed E-state index contributed by atoms with van der Waals surface area (Å²) in [6, 6.07) is 0. The number of piperazine rings is 1. The fraction of sp³-hybridized carbons (Fsp3) is 0.786. The second-order valence-electron chi connectivity index (χ2n) is 6.15. The zero-order valence-corrected chi connectivity index (χ0v) is 13.4. The van der Waals surface area contributed by atoms with Gasteiger partial charge in [0, 0.05) is 43.6 Å². The van der Waals surface area contributed by atoms with Crippen LogP contribution < -0.4 is 10.2 Å². The molecule has 0 saturated carbocycles. The van der Waals surface area contributed by atoms with Gasteiger partial charge in [0.15, 0.2) is 5.13 Å². The van der Waals surface area contributed by atoms with Crippen LogP contribution in [0.1, 0.15) is 33.4 Å². The number of nitrogens with zero attached hydrogens (tertiary/aromatic N) is 3. The Balaban J connectivity index is 1.87. The van der Waals surface area contributed by atoms with Crippen molar-refractivity contribution in [2.75, 3.05) is 37.6 Å². The molecule has 0 spiro atoms. The topological polar surface area (TPSA) is 31.4 Å². The number of rotatable bonds is 4. The SMILES string of the molecule is CCN1CCN(c2nc(CNC(C)(C)C)cs2)CC1.